The smallest absolute Gasteiger partial charge is 0.353 e. The molecule has 0 aliphatic carbocycles. The molecule has 0 radical (unpaired) electrons. The fourth-order valence-electron chi connectivity index (χ4n) is 2.83. The fourth-order valence-corrected chi connectivity index (χ4v) is 2.83. The molecule has 1 atom stereocenters. The van der Waals surface area contributed by atoms with Crippen LogP contribution >= 0.6 is 0 Å². The van der Waals surface area contributed by atoms with Gasteiger partial charge in [0.15, 0.2) is 11.4 Å². The Kier molecular flexibility index (Phi) is 2.02. The summed E-state index contributed by atoms with van der Waals surface area (Å²) in [5.74, 6) is 0.603. The largest absolute Gasteiger partial charge is 0.356 e. The second-order valence-electron chi connectivity index (χ2n) is 4.61. The van der Waals surface area contributed by atoms with Crippen molar-refractivity contribution in [1.82, 2.24) is 9.55 Å². The highest BCUT2D eigenvalue weighted by molar-refractivity contribution is 6.07. The fraction of sp³-hybridized carbons (Fsp3) is 0.214. The molecule has 1 amide bonds. The molecule has 0 bridgehead atoms. The minimum Gasteiger partial charge on any atom is -0.356 e. The second kappa shape index (κ2) is 3.61. The lowest BCUT2D eigenvalue weighted by Crippen LogP contribution is -2.42. The molecular formula is C14H11N3O2. The summed E-state index contributed by atoms with van der Waals surface area (Å²) >= 11 is 0. The predicted octanol–water partition coefficient (Wildman–Crippen LogP) is 1.97. The van der Waals surface area contributed by atoms with Gasteiger partial charge in [0, 0.05) is 18.8 Å². The topological polar surface area (TPSA) is 56.5 Å². The highest BCUT2D eigenvalue weighted by atomic mass is 16.5. The summed E-state index contributed by atoms with van der Waals surface area (Å²) in [5.41, 5.74) is 0.923. The van der Waals surface area contributed by atoms with Gasteiger partial charge in [-0.1, -0.05) is 30.3 Å². The Hall–Kier alpha value is -2.27. The number of amides is 1. The standard InChI is InChI=1S/C14H11N3O2/c18-13-16-11-6-9-19-14(11,10-4-2-1-3-5-10)12-15-7-8-17(12)13/h1-5,7-8H,6,9H2. The van der Waals surface area contributed by atoms with Crippen molar-refractivity contribution in [3.05, 3.63) is 54.1 Å². The zero-order valence-corrected chi connectivity index (χ0v) is 10.1. The first-order valence-corrected chi connectivity index (χ1v) is 6.18. The van der Waals surface area contributed by atoms with Gasteiger partial charge in [-0.2, -0.15) is 4.99 Å². The Bertz CT molecular complexity index is 690. The summed E-state index contributed by atoms with van der Waals surface area (Å²) in [6.07, 6.45) is 3.90. The highest BCUT2D eigenvalue weighted by Crippen LogP contribution is 2.41. The number of hydrogen-bond acceptors (Lipinski definition) is 3. The third-order valence-electron chi connectivity index (χ3n) is 3.64. The Morgan fingerprint density at radius 3 is 2.95 bits per heavy atom. The molecule has 3 heterocycles. The quantitative estimate of drug-likeness (QED) is 0.780. The van der Waals surface area contributed by atoms with Gasteiger partial charge < -0.3 is 4.74 Å². The van der Waals surface area contributed by atoms with Crippen molar-refractivity contribution < 1.29 is 9.53 Å². The average molecular weight is 253 g/mol. The van der Waals surface area contributed by atoms with E-state index in [1.54, 1.807) is 12.4 Å². The summed E-state index contributed by atoms with van der Waals surface area (Å²) in [5, 5.41) is 0. The molecule has 1 aromatic carbocycles. The number of aliphatic imine (C=N–C) groups is 1. The molecule has 2 aromatic rings. The van der Waals surface area contributed by atoms with Crippen molar-refractivity contribution in [3.63, 3.8) is 0 Å². The van der Waals surface area contributed by atoms with E-state index >= 15 is 0 Å². The van der Waals surface area contributed by atoms with E-state index in [1.807, 2.05) is 30.3 Å². The zero-order chi connectivity index (χ0) is 12.9. The number of rotatable bonds is 1. The number of imidazole rings is 1. The van der Waals surface area contributed by atoms with Crippen molar-refractivity contribution in [2.45, 2.75) is 12.0 Å². The highest BCUT2D eigenvalue weighted by Gasteiger charge is 2.51. The van der Waals surface area contributed by atoms with Crippen LogP contribution in [0.2, 0.25) is 0 Å². The number of nitrogens with zero attached hydrogens (tertiary/aromatic N) is 3. The van der Waals surface area contributed by atoms with E-state index in [-0.39, 0.29) is 6.03 Å². The lowest BCUT2D eigenvalue weighted by atomic mass is 9.87. The molecular weight excluding hydrogens is 242 g/mol. The van der Waals surface area contributed by atoms with Crippen molar-refractivity contribution in [2.24, 2.45) is 4.99 Å². The van der Waals surface area contributed by atoms with Gasteiger partial charge >= 0.3 is 6.03 Å². The number of ether oxygens (including phenoxy) is 1. The predicted molar refractivity (Wildman–Crippen MR) is 68.2 cm³/mol. The van der Waals surface area contributed by atoms with E-state index in [2.05, 4.69) is 9.98 Å². The molecule has 2 aliphatic rings. The number of benzene rings is 1. The molecule has 4 rings (SSSR count). The Balaban J connectivity index is 2.04. The summed E-state index contributed by atoms with van der Waals surface area (Å²) in [6.45, 7) is 0.549. The summed E-state index contributed by atoms with van der Waals surface area (Å²) < 4.78 is 7.46. The molecule has 1 saturated heterocycles. The second-order valence-corrected chi connectivity index (χ2v) is 4.61. The van der Waals surface area contributed by atoms with Gasteiger partial charge in [-0.25, -0.2) is 9.78 Å². The van der Waals surface area contributed by atoms with Crippen LogP contribution in [0.25, 0.3) is 0 Å². The van der Waals surface area contributed by atoms with Crippen LogP contribution in [0, 0.1) is 0 Å². The third kappa shape index (κ3) is 1.25. The van der Waals surface area contributed by atoms with Crippen LogP contribution in [0.1, 0.15) is 17.8 Å². The van der Waals surface area contributed by atoms with E-state index in [9.17, 15) is 4.79 Å². The van der Waals surface area contributed by atoms with Crippen molar-refractivity contribution in [2.75, 3.05) is 6.61 Å². The van der Waals surface area contributed by atoms with E-state index in [0.29, 0.717) is 18.9 Å². The molecule has 1 unspecified atom stereocenters. The number of carbonyl (C=O) groups excluding carboxylic acids is 1. The van der Waals surface area contributed by atoms with Crippen LogP contribution in [-0.4, -0.2) is 27.9 Å². The van der Waals surface area contributed by atoms with Gasteiger partial charge in [-0.15, -0.1) is 0 Å². The average Bonchev–Trinajstić information content (AvgIpc) is 3.06. The van der Waals surface area contributed by atoms with Crippen molar-refractivity contribution >= 4 is 11.7 Å². The SMILES string of the molecule is O=C1N=C2CCOC2(c2ccccc2)c2nccn21. The number of fused-ring (bicyclic) bond motifs is 3. The monoisotopic (exact) mass is 253 g/mol. The van der Waals surface area contributed by atoms with Gasteiger partial charge in [-0.3, -0.25) is 4.57 Å². The van der Waals surface area contributed by atoms with Gasteiger partial charge in [0.2, 0.25) is 0 Å². The normalized spacial score (nSPS) is 24.8. The van der Waals surface area contributed by atoms with Crippen molar-refractivity contribution in [3.8, 4) is 0 Å². The molecule has 1 aromatic heterocycles. The first-order valence-electron chi connectivity index (χ1n) is 6.18. The maximum atomic E-state index is 11.9. The molecule has 0 N–H and O–H groups in total. The van der Waals surface area contributed by atoms with E-state index in [1.165, 1.54) is 4.57 Å². The molecule has 19 heavy (non-hydrogen) atoms. The van der Waals surface area contributed by atoms with E-state index < -0.39 is 5.60 Å². The van der Waals surface area contributed by atoms with Crippen LogP contribution < -0.4 is 0 Å². The summed E-state index contributed by atoms with van der Waals surface area (Å²) in [7, 11) is 0. The minimum absolute atomic E-state index is 0.292. The summed E-state index contributed by atoms with van der Waals surface area (Å²) in [4.78, 5) is 20.5. The Morgan fingerprint density at radius 1 is 1.26 bits per heavy atom. The number of carbonyl (C=O) groups is 1. The molecule has 0 spiro atoms. The number of aromatic nitrogens is 2. The number of hydrogen-bond donors (Lipinski definition) is 0. The lowest BCUT2D eigenvalue weighted by molar-refractivity contribution is 0.0585. The first kappa shape index (κ1) is 10.6. The molecule has 5 nitrogen and oxygen atoms in total. The molecule has 5 heteroatoms. The Morgan fingerprint density at radius 2 is 2.11 bits per heavy atom. The van der Waals surface area contributed by atoms with E-state index in [4.69, 9.17) is 4.74 Å². The van der Waals surface area contributed by atoms with Crippen LogP contribution in [0.5, 0.6) is 0 Å². The lowest BCUT2D eigenvalue weighted by Gasteiger charge is -2.31. The summed E-state index contributed by atoms with van der Waals surface area (Å²) in [6, 6.07) is 9.53. The maximum absolute atomic E-state index is 11.9. The van der Waals surface area contributed by atoms with Crippen LogP contribution in [0.15, 0.2) is 47.7 Å². The van der Waals surface area contributed by atoms with Gasteiger partial charge in [0.1, 0.15) is 0 Å². The molecule has 94 valence electrons. The van der Waals surface area contributed by atoms with Crippen LogP contribution in [0.3, 0.4) is 0 Å². The minimum atomic E-state index is -0.793. The van der Waals surface area contributed by atoms with E-state index in [0.717, 1.165) is 11.3 Å². The van der Waals surface area contributed by atoms with Gasteiger partial charge in [0.25, 0.3) is 0 Å². The van der Waals surface area contributed by atoms with Crippen molar-refractivity contribution in [1.29, 1.82) is 0 Å². The zero-order valence-electron chi connectivity index (χ0n) is 10.1. The molecule has 2 aliphatic heterocycles. The van der Waals surface area contributed by atoms with Crippen LogP contribution in [0.4, 0.5) is 4.79 Å². The van der Waals surface area contributed by atoms with Gasteiger partial charge in [0.05, 0.1) is 12.3 Å². The molecule has 1 fully saturated rings. The van der Waals surface area contributed by atoms with Gasteiger partial charge in [-0.05, 0) is 5.56 Å². The Labute approximate surface area is 109 Å². The first-order chi connectivity index (χ1) is 9.32. The van der Waals surface area contributed by atoms with Crippen LogP contribution in [-0.2, 0) is 10.3 Å². The maximum Gasteiger partial charge on any atom is 0.353 e. The molecule has 0 saturated carbocycles. The third-order valence-corrected chi connectivity index (χ3v) is 3.64.